The Kier molecular flexibility index (Phi) is 7.19. The Morgan fingerprint density at radius 2 is 1.87 bits per heavy atom. The molecule has 0 saturated carbocycles. The van der Waals surface area contributed by atoms with E-state index in [1.807, 2.05) is 37.3 Å². The number of nitrogen functional groups attached to an aromatic ring is 1. The van der Waals surface area contributed by atoms with Crippen LogP contribution in [0.1, 0.15) is 42.4 Å². The molecule has 2 aromatic carbocycles. The van der Waals surface area contributed by atoms with Crippen LogP contribution >= 0.6 is 0 Å². The lowest BCUT2D eigenvalue weighted by Gasteiger charge is -2.19. The minimum Gasteiger partial charge on any atom is -0.384 e. The molecule has 0 aliphatic carbocycles. The highest BCUT2D eigenvalue weighted by Gasteiger charge is 2.32. The molecule has 0 spiro atoms. The van der Waals surface area contributed by atoms with Gasteiger partial charge in [0.1, 0.15) is 11.9 Å². The fourth-order valence-corrected chi connectivity index (χ4v) is 3.65. The lowest BCUT2D eigenvalue weighted by Crippen LogP contribution is -2.51. The van der Waals surface area contributed by atoms with Crippen molar-refractivity contribution >= 4 is 17.6 Å². The quantitative estimate of drug-likeness (QED) is 0.337. The first-order chi connectivity index (χ1) is 14.5. The van der Waals surface area contributed by atoms with E-state index >= 15 is 0 Å². The van der Waals surface area contributed by atoms with Gasteiger partial charge in [-0.05, 0) is 29.9 Å². The van der Waals surface area contributed by atoms with E-state index in [0.29, 0.717) is 24.4 Å². The van der Waals surface area contributed by atoms with E-state index < -0.39 is 6.04 Å². The summed E-state index contributed by atoms with van der Waals surface area (Å²) in [5.41, 5.74) is 8.22. The first-order valence-electron chi connectivity index (χ1n) is 10.3. The molecule has 2 amide bonds. The van der Waals surface area contributed by atoms with Crippen molar-refractivity contribution < 1.29 is 9.59 Å². The second-order valence-corrected chi connectivity index (χ2v) is 7.60. The van der Waals surface area contributed by atoms with Gasteiger partial charge in [-0.3, -0.25) is 15.0 Å². The van der Waals surface area contributed by atoms with Gasteiger partial charge in [0.15, 0.2) is 0 Å². The van der Waals surface area contributed by atoms with E-state index in [-0.39, 0.29) is 23.7 Å². The average Bonchev–Trinajstić information content (AvgIpc) is 3.27. The molecule has 7 nitrogen and oxygen atoms in total. The highest BCUT2D eigenvalue weighted by Crippen LogP contribution is 2.25. The molecule has 0 unspecified atom stereocenters. The molecule has 3 atom stereocenters. The summed E-state index contributed by atoms with van der Waals surface area (Å²) in [7, 11) is 0. The maximum absolute atomic E-state index is 12.7. The van der Waals surface area contributed by atoms with E-state index in [1.54, 1.807) is 12.1 Å². The van der Waals surface area contributed by atoms with E-state index in [0.717, 1.165) is 18.5 Å². The molecular weight excluding hydrogens is 378 g/mol. The molecule has 1 aliphatic rings. The van der Waals surface area contributed by atoms with Crippen LogP contribution in [0.5, 0.6) is 0 Å². The molecule has 1 fully saturated rings. The Morgan fingerprint density at radius 3 is 2.50 bits per heavy atom. The van der Waals surface area contributed by atoms with Crippen molar-refractivity contribution in [2.45, 2.75) is 44.3 Å². The SMILES string of the molecule is CC[C@H](NC(=O)[C@H]1C[C@H](c2ccccc2)CN1)C(=O)NCc1ccc(C(=N)N)cc1. The van der Waals surface area contributed by atoms with Crippen LogP contribution in [0.3, 0.4) is 0 Å². The van der Waals surface area contributed by atoms with Crippen LogP contribution in [0.25, 0.3) is 0 Å². The summed E-state index contributed by atoms with van der Waals surface area (Å²) in [4.78, 5) is 25.2. The molecule has 0 radical (unpaired) electrons. The van der Waals surface area contributed by atoms with Crippen molar-refractivity contribution in [3.05, 3.63) is 71.3 Å². The molecule has 0 bridgehead atoms. The zero-order chi connectivity index (χ0) is 21.5. The molecule has 2 aromatic rings. The van der Waals surface area contributed by atoms with E-state index in [9.17, 15) is 9.59 Å². The number of rotatable bonds is 8. The molecular formula is C23H29N5O2. The van der Waals surface area contributed by atoms with Crippen molar-refractivity contribution in [2.24, 2.45) is 5.73 Å². The summed E-state index contributed by atoms with van der Waals surface area (Å²) in [5, 5.41) is 16.4. The summed E-state index contributed by atoms with van der Waals surface area (Å²) in [6.07, 6.45) is 1.23. The largest absolute Gasteiger partial charge is 0.384 e. The van der Waals surface area contributed by atoms with Crippen LogP contribution in [0.2, 0.25) is 0 Å². The summed E-state index contributed by atoms with van der Waals surface area (Å²) < 4.78 is 0. The standard InChI is InChI=1S/C23H29N5O2/c1-2-19(22(29)27-13-15-8-10-17(11-9-15)21(24)25)28-23(30)20-12-18(14-26-20)16-6-4-3-5-7-16/h3-11,18-20,26H,2,12-14H2,1H3,(H3,24,25)(H,27,29)(H,28,30)/t18-,19-,20+/m0/s1. The Bertz CT molecular complexity index is 882. The number of amidine groups is 1. The van der Waals surface area contributed by atoms with Crippen LogP contribution in [-0.4, -0.2) is 36.3 Å². The Hall–Kier alpha value is -3.19. The molecule has 1 aliphatic heterocycles. The normalized spacial score (nSPS) is 19.1. The highest BCUT2D eigenvalue weighted by molar-refractivity contribution is 5.95. The fraction of sp³-hybridized carbons (Fsp3) is 0.348. The highest BCUT2D eigenvalue weighted by atomic mass is 16.2. The van der Waals surface area contributed by atoms with Gasteiger partial charge in [-0.2, -0.15) is 0 Å². The summed E-state index contributed by atoms with van der Waals surface area (Å²) >= 11 is 0. The van der Waals surface area contributed by atoms with Crippen molar-refractivity contribution in [1.82, 2.24) is 16.0 Å². The van der Waals surface area contributed by atoms with Crippen LogP contribution in [0.15, 0.2) is 54.6 Å². The Labute approximate surface area is 176 Å². The van der Waals surface area contributed by atoms with E-state index in [2.05, 4.69) is 28.1 Å². The topological polar surface area (TPSA) is 120 Å². The first kappa shape index (κ1) is 21.5. The Morgan fingerprint density at radius 1 is 1.17 bits per heavy atom. The lowest BCUT2D eigenvalue weighted by molar-refractivity contribution is -0.130. The zero-order valence-electron chi connectivity index (χ0n) is 17.2. The smallest absolute Gasteiger partial charge is 0.242 e. The number of amides is 2. The fourth-order valence-electron chi connectivity index (χ4n) is 3.65. The number of nitrogens with two attached hydrogens (primary N) is 1. The summed E-state index contributed by atoms with van der Waals surface area (Å²) in [6, 6.07) is 16.4. The monoisotopic (exact) mass is 407 g/mol. The molecule has 3 rings (SSSR count). The average molecular weight is 408 g/mol. The van der Waals surface area contributed by atoms with Gasteiger partial charge in [-0.15, -0.1) is 0 Å². The van der Waals surface area contributed by atoms with Crippen LogP contribution in [0.4, 0.5) is 0 Å². The number of nitrogens with one attached hydrogen (secondary N) is 4. The first-order valence-corrected chi connectivity index (χ1v) is 10.3. The van der Waals surface area contributed by atoms with Crippen molar-refractivity contribution in [1.29, 1.82) is 5.41 Å². The third kappa shape index (κ3) is 5.45. The van der Waals surface area contributed by atoms with Crippen molar-refractivity contribution in [3.8, 4) is 0 Å². The van der Waals surface area contributed by atoms with Crippen LogP contribution in [0, 0.1) is 5.41 Å². The summed E-state index contributed by atoms with van der Waals surface area (Å²) in [6.45, 7) is 2.98. The maximum atomic E-state index is 12.7. The third-order valence-electron chi connectivity index (χ3n) is 5.49. The van der Waals surface area contributed by atoms with Crippen LogP contribution in [-0.2, 0) is 16.1 Å². The number of benzene rings is 2. The zero-order valence-corrected chi connectivity index (χ0v) is 17.2. The van der Waals surface area contributed by atoms with Gasteiger partial charge in [0, 0.05) is 18.7 Å². The predicted molar refractivity (Wildman–Crippen MR) is 117 cm³/mol. The lowest BCUT2D eigenvalue weighted by atomic mass is 9.96. The minimum absolute atomic E-state index is 0.00868. The molecule has 6 N–H and O–H groups in total. The van der Waals surface area contributed by atoms with Gasteiger partial charge < -0.3 is 21.7 Å². The third-order valence-corrected chi connectivity index (χ3v) is 5.49. The molecule has 158 valence electrons. The second kappa shape index (κ2) is 10.0. The van der Waals surface area contributed by atoms with E-state index in [4.69, 9.17) is 11.1 Å². The molecule has 1 heterocycles. The maximum Gasteiger partial charge on any atom is 0.242 e. The second-order valence-electron chi connectivity index (χ2n) is 7.60. The molecule has 1 saturated heterocycles. The van der Waals surface area contributed by atoms with Gasteiger partial charge in [0.2, 0.25) is 11.8 Å². The van der Waals surface area contributed by atoms with Crippen LogP contribution < -0.4 is 21.7 Å². The number of carbonyl (C=O) groups is 2. The van der Waals surface area contributed by atoms with Gasteiger partial charge in [0.05, 0.1) is 6.04 Å². The Balaban J connectivity index is 1.50. The molecule has 7 heteroatoms. The van der Waals surface area contributed by atoms with Gasteiger partial charge in [-0.25, -0.2) is 0 Å². The van der Waals surface area contributed by atoms with Gasteiger partial charge in [-0.1, -0.05) is 61.5 Å². The number of hydrogen-bond donors (Lipinski definition) is 5. The number of hydrogen-bond acceptors (Lipinski definition) is 4. The van der Waals surface area contributed by atoms with Gasteiger partial charge in [0.25, 0.3) is 0 Å². The minimum atomic E-state index is -0.577. The van der Waals surface area contributed by atoms with Crippen molar-refractivity contribution in [2.75, 3.05) is 6.54 Å². The van der Waals surface area contributed by atoms with Gasteiger partial charge >= 0.3 is 0 Å². The predicted octanol–water partition coefficient (Wildman–Crippen LogP) is 1.63. The summed E-state index contributed by atoms with van der Waals surface area (Å²) in [5.74, 6) is -0.0384. The molecule has 30 heavy (non-hydrogen) atoms. The van der Waals surface area contributed by atoms with Crippen molar-refractivity contribution in [3.63, 3.8) is 0 Å². The molecule has 0 aromatic heterocycles. The van der Waals surface area contributed by atoms with E-state index in [1.165, 1.54) is 5.56 Å². The number of carbonyl (C=O) groups excluding carboxylic acids is 2.